The number of rotatable bonds is 12. The van der Waals surface area contributed by atoms with E-state index in [9.17, 15) is 9.59 Å². The van der Waals surface area contributed by atoms with Crippen LogP contribution in [0.3, 0.4) is 0 Å². The van der Waals surface area contributed by atoms with Gasteiger partial charge in [-0.2, -0.15) is 0 Å². The average Bonchev–Trinajstić information content (AvgIpc) is 2.87. The summed E-state index contributed by atoms with van der Waals surface area (Å²) >= 11 is 1.59. The van der Waals surface area contributed by atoms with Crippen molar-refractivity contribution in [1.82, 2.24) is 10.2 Å². The molecule has 3 rings (SSSR count). The van der Waals surface area contributed by atoms with Crippen LogP contribution in [0.5, 0.6) is 0 Å². The molecule has 0 unspecified atom stereocenters. The number of hydrogen-bond donors (Lipinski definition) is 1. The summed E-state index contributed by atoms with van der Waals surface area (Å²) in [4.78, 5) is 28.9. The van der Waals surface area contributed by atoms with E-state index in [2.05, 4.69) is 23.5 Å². The Hall–Kier alpha value is -3.05. The number of thioether (sulfide) groups is 1. The van der Waals surface area contributed by atoms with Crippen LogP contribution in [0.2, 0.25) is 0 Å². The highest BCUT2D eigenvalue weighted by atomic mass is 32.2. The highest BCUT2D eigenvalue weighted by Gasteiger charge is 2.30. The van der Waals surface area contributed by atoms with Gasteiger partial charge in [-0.1, -0.05) is 97.4 Å². The first-order valence-corrected chi connectivity index (χ1v) is 13.4. The van der Waals surface area contributed by atoms with Gasteiger partial charge in [-0.25, -0.2) is 0 Å². The third-order valence-electron chi connectivity index (χ3n) is 6.04. The largest absolute Gasteiger partial charge is 0.352 e. The molecule has 3 aromatic rings. The van der Waals surface area contributed by atoms with Crippen molar-refractivity contribution in [3.8, 4) is 0 Å². The third-order valence-corrected chi connectivity index (χ3v) is 7.03. The molecule has 2 atom stereocenters. The van der Waals surface area contributed by atoms with Crippen LogP contribution >= 0.6 is 11.8 Å². The summed E-state index contributed by atoms with van der Waals surface area (Å²) in [6.45, 7) is 6.49. The van der Waals surface area contributed by atoms with Crippen molar-refractivity contribution in [2.45, 2.75) is 58.0 Å². The summed E-state index contributed by atoms with van der Waals surface area (Å²) < 4.78 is 0. The van der Waals surface area contributed by atoms with Crippen LogP contribution in [0.15, 0.2) is 84.9 Å². The molecule has 0 saturated heterocycles. The lowest BCUT2D eigenvalue weighted by Crippen LogP contribution is -2.52. The van der Waals surface area contributed by atoms with Crippen molar-refractivity contribution >= 4 is 23.6 Å². The van der Waals surface area contributed by atoms with Crippen LogP contribution in [0.4, 0.5) is 0 Å². The van der Waals surface area contributed by atoms with Crippen LogP contribution in [0.1, 0.15) is 42.5 Å². The molecule has 0 bridgehead atoms. The van der Waals surface area contributed by atoms with Crippen LogP contribution in [0, 0.1) is 6.92 Å². The van der Waals surface area contributed by atoms with Gasteiger partial charge in [0.05, 0.1) is 5.75 Å². The van der Waals surface area contributed by atoms with E-state index in [1.54, 1.807) is 16.7 Å². The van der Waals surface area contributed by atoms with E-state index in [-0.39, 0.29) is 17.9 Å². The van der Waals surface area contributed by atoms with Crippen molar-refractivity contribution in [3.05, 3.63) is 107 Å². The predicted octanol–water partition coefficient (Wildman–Crippen LogP) is 5.78. The van der Waals surface area contributed by atoms with Gasteiger partial charge in [0.2, 0.25) is 11.8 Å². The average molecular weight is 489 g/mol. The summed E-state index contributed by atoms with van der Waals surface area (Å²) in [6, 6.07) is 27.7. The zero-order chi connectivity index (χ0) is 25.0. The summed E-state index contributed by atoms with van der Waals surface area (Å²) in [5, 5.41) is 3.12. The van der Waals surface area contributed by atoms with Gasteiger partial charge in [0.25, 0.3) is 0 Å². The number of carbonyl (C=O) groups is 2. The SMILES string of the molecule is CC[C@H](C)NC(=O)[C@H](Cc1ccccc1)N(Cc1cccc(C)c1)C(=O)CSCc1ccccc1. The van der Waals surface area contributed by atoms with Gasteiger partial charge in [0, 0.05) is 24.8 Å². The van der Waals surface area contributed by atoms with E-state index in [0.29, 0.717) is 18.7 Å². The third kappa shape index (κ3) is 8.59. The van der Waals surface area contributed by atoms with Crippen molar-refractivity contribution < 1.29 is 9.59 Å². The van der Waals surface area contributed by atoms with Gasteiger partial charge in [-0.3, -0.25) is 9.59 Å². The van der Waals surface area contributed by atoms with Crippen molar-refractivity contribution in [2.24, 2.45) is 0 Å². The summed E-state index contributed by atoms with van der Waals surface area (Å²) in [6.07, 6.45) is 1.31. The molecule has 0 aliphatic heterocycles. The Bertz CT molecular complexity index is 1070. The summed E-state index contributed by atoms with van der Waals surface area (Å²) in [7, 11) is 0. The lowest BCUT2D eigenvalue weighted by atomic mass is 10.0. The number of carbonyl (C=O) groups excluding carboxylic acids is 2. The fourth-order valence-corrected chi connectivity index (χ4v) is 4.79. The summed E-state index contributed by atoms with van der Waals surface area (Å²) in [5.74, 6) is 0.959. The van der Waals surface area contributed by atoms with Crippen molar-refractivity contribution in [2.75, 3.05) is 5.75 Å². The Morgan fingerprint density at radius 3 is 2.14 bits per heavy atom. The highest BCUT2D eigenvalue weighted by molar-refractivity contribution is 7.99. The second-order valence-corrected chi connectivity index (χ2v) is 10.00. The Morgan fingerprint density at radius 1 is 0.886 bits per heavy atom. The van der Waals surface area contributed by atoms with Gasteiger partial charge in [0.1, 0.15) is 6.04 Å². The molecule has 4 nitrogen and oxygen atoms in total. The molecule has 5 heteroatoms. The van der Waals surface area contributed by atoms with Crippen LogP contribution < -0.4 is 5.32 Å². The molecule has 0 saturated carbocycles. The van der Waals surface area contributed by atoms with Crippen LogP contribution in [-0.4, -0.2) is 34.6 Å². The second kappa shape index (κ2) is 13.7. The first kappa shape index (κ1) is 26.6. The lowest BCUT2D eigenvalue weighted by molar-refractivity contribution is -0.139. The molecular formula is C30H36N2O2S. The quantitative estimate of drug-likeness (QED) is 0.351. The lowest BCUT2D eigenvalue weighted by Gasteiger charge is -2.32. The van der Waals surface area contributed by atoms with E-state index < -0.39 is 6.04 Å². The maximum absolute atomic E-state index is 13.6. The number of benzene rings is 3. The Kier molecular flexibility index (Phi) is 10.4. The monoisotopic (exact) mass is 488 g/mol. The second-order valence-electron chi connectivity index (χ2n) is 9.01. The molecule has 0 spiro atoms. The van der Waals surface area contributed by atoms with Crippen molar-refractivity contribution in [3.63, 3.8) is 0 Å². The smallest absolute Gasteiger partial charge is 0.243 e. The zero-order valence-corrected chi connectivity index (χ0v) is 21.8. The molecule has 1 N–H and O–H groups in total. The van der Waals surface area contributed by atoms with E-state index >= 15 is 0 Å². The fourth-order valence-electron chi connectivity index (χ4n) is 3.92. The molecule has 184 valence electrons. The molecule has 35 heavy (non-hydrogen) atoms. The van der Waals surface area contributed by atoms with Gasteiger partial charge >= 0.3 is 0 Å². The topological polar surface area (TPSA) is 49.4 Å². The maximum Gasteiger partial charge on any atom is 0.243 e. The first-order chi connectivity index (χ1) is 17.0. The standard InChI is InChI=1S/C30H36N2O2S/c1-4-24(3)31-30(34)28(19-25-13-7-5-8-14-25)32(20-27-17-11-12-23(2)18-27)29(33)22-35-21-26-15-9-6-10-16-26/h5-18,24,28H,4,19-22H2,1-3H3,(H,31,34)/t24-,28-/m0/s1. The molecule has 0 aromatic heterocycles. The number of hydrogen-bond acceptors (Lipinski definition) is 3. The summed E-state index contributed by atoms with van der Waals surface area (Å²) in [5.41, 5.74) is 4.39. The molecule has 3 aromatic carbocycles. The van der Waals surface area contributed by atoms with E-state index in [0.717, 1.165) is 28.9 Å². The van der Waals surface area contributed by atoms with Gasteiger partial charge in [-0.15, -0.1) is 11.8 Å². The van der Waals surface area contributed by atoms with Crippen molar-refractivity contribution in [1.29, 1.82) is 0 Å². The number of aryl methyl sites for hydroxylation is 1. The zero-order valence-electron chi connectivity index (χ0n) is 20.9. The molecule has 0 fully saturated rings. The Balaban J connectivity index is 1.86. The normalized spacial score (nSPS) is 12.5. The highest BCUT2D eigenvalue weighted by Crippen LogP contribution is 2.19. The number of nitrogens with one attached hydrogen (secondary N) is 1. The minimum atomic E-state index is -0.586. The van der Waals surface area contributed by atoms with Crippen LogP contribution in [0.25, 0.3) is 0 Å². The minimum absolute atomic E-state index is 0.0207. The van der Waals surface area contributed by atoms with E-state index in [1.807, 2.05) is 87.5 Å². The predicted molar refractivity (Wildman–Crippen MR) is 146 cm³/mol. The van der Waals surface area contributed by atoms with Crippen LogP contribution in [-0.2, 0) is 28.3 Å². The molecular weight excluding hydrogens is 452 g/mol. The number of amides is 2. The van der Waals surface area contributed by atoms with Gasteiger partial charge < -0.3 is 10.2 Å². The maximum atomic E-state index is 13.6. The number of nitrogens with zero attached hydrogens (tertiary/aromatic N) is 1. The molecule has 0 aliphatic carbocycles. The molecule has 2 amide bonds. The molecule has 0 heterocycles. The Labute approximate surface area is 214 Å². The molecule has 0 aliphatic rings. The van der Waals surface area contributed by atoms with E-state index in [1.165, 1.54) is 5.56 Å². The van der Waals surface area contributed by atoms with Gasteiger partial charge in [0.15, 0.2) is 0 Å². The molecule has 0 radical (unpaired) electrons. The van der Waals surface area contributed by atoms with E-state index in [4.69, 9.17) is 0 Å². The minimum Gasteiger partial charge on any atom is -0.352 e. The first-order valence-electron chi connectivity index (χ1n) is 12.3. The Morgan fingerprint density at radius 2 is 1.51 bits per heavy atom. The van der Waals surface area contributed by atoms with Gasteiger partial charge in [-0.05, 0) is 37.0 Å². The fraction of sp³-hybridized carbons (Fsp3) is 0.333.